The van der Waals surface area contributed by atoms with Crippen molar-refractivity contribution in [3.63, 3.8) is 0 Å². The molecule has 2 N–H and O–H groups in total. The van der Waals surface area contributed by atoms with E-state index >= 15 is 0 Å². The van der Waals surface area contributed by atoms with Gasteiger partial charge in [0.05, 0.1) is 18.1 Å². The third kappa shape index (κ3) is 5.80. The Balaban J connectivity index is 1.39. The molecule has 0 amide bonds. The van der Waals surface area contributed by atoms with E-state index in [0.29, 0.717) is 23.0 Å². The number of aromatic nitrogens is 2. The Morgan fingerprint density at radius 2 is 1.61 bits per heavy atom. The van der Waals surface area contributed by atoms with Gasteiger partial charge in [-0.2, -0.15) is 0 Å². The van der Waals surface area contributed by atoms with E-state index in [4.69, 9.17) is 15.6 Å². The number of allylic oxidation sites excluding steroid dienone is 1. The van der Waals surface area contributed by atoms with Crippen LogP contribution in [0.15, 0.2) is 73.6 Å². The van der Waals surface area contributed by atoms with E-state index in [1.54, 1.807) is 19.3 Å². The monoisotopic (exact) mass is 438 g/mol. The van der Waals surface area contributed by atoms with Gasteiger partial charge in [-0.05, 0) is 48.1 Å². The Kier molecular flexibility index (Phi) is 7.08. The molecule has 1 atom stereocenters. The van der Waals surface area contributed by atoms with Gasteiger partial charge >= 0.3 is 0 Å². The highest BCUT2D eigenvalue weighted by Crippen LogP contribution is 2.32. The van der Waals surface area contributed by atoms with Crippen LogP contribution in [0.1, 0.15) is 61.0 Å². The lowest BCUT2D eigenvalue weighted by Crippen LogP contribution is -2.13. The molecule has 33 heavy (non-hydrogen) atoms. The molecule has 5 nitrogen and oxygen atoms in total. The van der Waals surface area contributed by atoms with Crippen LogP contribution in [0.3, 0.4) is 0 Å². The summed E-state index contributed by atoms with van der Waals surface area (Å²) < 4.78 is 5.87. The minimum Gasteiger partial charge on any atom is -0.454 e. The molecule has 1 aliphatic carbocycles. The van der Waals surface area contributed by atoms with Gasteiger partial charge in [0.2, 0.25) is 0 Å². The number of nitrogens with one attached hydrogen (secondary N) is 2. The average Bonchev–Trinajstić information content (AvgIpc) is 2.79. The Bertz CT molecular complexity index is 1110. The van der Waals surface area contributed by atoms with Gasteiger partial charge in [0.25, 0.3) is 0 Å². The zero-order valence-electron chi connectivity index (χ0n) is 19.1. The first-order chi connectivity index (χ1) is 16.0. The summed E-state index contributed by atoms with van der Waals surface area (Å²) in [4.78, 5) is 8.38. The van der Waals surface area contributed by atoms with Gasteiger partial charge in [0.15, 0.2) is 11.6 Å². The first kappa shape index (κ1) is 22.6. The van der Waals surface area contributed by atoms with E-state index in [1.165, 1.54) is 36.8 Å². The number of hydrogen-bond donors (Lipinski definition) is 2. The second-order valence-electron chi connectivity index (χ2n) is 8.81. The van der Waals surface area contributed by atoms with Gasteiger partial charge in [-0.25, -0.2) is 9.97 Å². The molecule has 1 saturated carbocycles. The summed E-state index contributed by atoms with van der Waals surface area (Å²) in [5.41, 5.74) is 4.46. The van der Waals surface area contributed by atoms with Gasteiger partial charge < -0.3 is 15.6 Å². The van der Waals surface area contributed by atoms with Crippen LogP contribution in [0.4, 0.5) is 0 Å². The van der Waals surface area contributed by atoms with Crippen LogP contribution in [0.5, 0.6) is 11.5 Å². The maximum atomic E-state index is 7.94. The zero-order valence-corrected chi connectivity index (χ0v) is 19.1. The van der Waals surface area contributed by atoms with Crippen molar-refractivity contribution in [3.05, 3.63) is 96.1 Å². The lowest BCUT2D eigenvalue weighted by Gasteiger charge is -2.25. The van der Waals surface area contributed by atoms with E-state index < -0.39 is 0 Å². The normalized spacial score (nSPS) is 14.2. The van der Waals surface area contributed by atoms with E-state index in [2.05, 4.69) is 52.9 Å². The maximum Gasteiger partial charge on any atom is 0.173 e. The smallest absolute Gasteiger partial charge is 0.173 e. The molecule has 1 aliphatic rings. The molecule has 1 heterocycles. The summed E-state index contributed by atoms with van der Waals surface area (Å²) in [5.74, 6) is 2.52. The van der Waals surface area contributed by atoms with Crippen molar-refractivity contribution in [1.82, 2.24) is 9.97 Å². The molecular weight excluding hydrogens is 408 g/mol. The van der Waals surface area contributed by atoms with Crippen LogP contribution in [0, 0.1) is 16.7 Å². The molecule has 0 spiro atoms. The minimum atomic E-state index is 0.128. The lowest BCUT2D eigenvalue weighted by atomic mass is 9.80. The summed E-state index contributed by atoms with van der Waals surface area (Å²) in [7, 11) is 0. The van der Waals surface area contributed by atoms with Gasteiger partial charge in [-0.15, -0.1) is 6.58 Å². The number of ether oxygens (including phenoxy) is 1. The second-order valence-corrected chi connectivity index (χ2v) is 8.81. The summed E-state index contributed by atoms with van der Waals surface area (Å²) in [6.07, 6.45) is 10.7. The quantitative estimate of drug-likeness (QED) is 0.272. The van der Waals surface area contributed by atoms with Gasteiger partial charge in [0.1, 0.15) is 5.75 Å². The predicted molar refractivity (Wildman–Crippen MR) is 133 cm³/mol. The number of benzene rings is 2. The number of rotatable bonds is 10. The van der Waals surface area contributed by atoms with Gasteiger partial charge in [-0.3, -0.25) is 0 Å². The molecule has 0 bridgehead atoms. The summed E-state index contributed by atoms with van der Waals surface area (Å²) in [6.45, 7) is 5.72. The first-order valence-electron chi connectivity index (χ1n) is 11.4. The summed E-state index contributed by atoms with van der Waals surface area (Å²) in [6, 6.07) is 16.9. The zero-order chi connectivity index (χ0) is 23.2. The highest BCUT2D eigenvalue weighted by molar-refractivity contribution is 6.07. The second kappa shape index (κ2) is 10.3. The van der Waals surface area contributed by atoms with Crippen molar-refractivity contribution in [2.24, 2.45) is 5.92 Å². The Labute approximate surface area is 195 Å². The first-order valence-corrected chi connectivity index (χ1v) is 11.4. The Morgan fingerprint density at radius 1 is 1.00 bits per heavy atom. The Morgan fingerprint density at radius 3 is 2.12 bits per heavy atom. The van der Waals surface area contributed by atoms with Crippen molar-refractivity contribution in [1.29, 1.82) is 10.8 Å². The lowest BCUT2D eigenvalue weighted by molar-refractivity contribution is 0.314. The van der Waals surface area contributed by atoms with E-state index in [9.17, 15) is 0 Å². The number of nitrogens with zero attached hydrogens (tertiary/aromatic N) is 2. The van der Waals surface area contributed by atoms with Gasteiger partial charge in [-0.1, -0.05) is 61.7 Å². The molecule has 5 heteroatoms. The fraction of sp³-hybridized carbons (Fsp3) is 0.286. The standard InChI is InChI=1S/C28H30N4O/c1-3-26(22-9-7-21(8-10-22)16-20-5-4-6-20)23-11-13-24(14-12-23)33-25-17-31-28(32-18-25)27(30)15-19(2)29/h3,7-14,17-18,20,26,29-30H,1,4-6,15-16H2,2H3. The van der Waals surface area contributed by atoms with Gasteiger partial charge in [0, 0.05) is 18.1 Å². The van der Waals surface area contributed by atoms with Crippen molar-refractivity contribution < 1.29 is 4.74 Å². The Hall–Kier alpha value is -3.60. The van der Waals surface area contributed by atoms with Crippen molar-refractivity contribution in [3.8, 4) is 11.5 Å². The molecule has 2 aromatic carbocycles. The third-order valence-corrected chi connectivity index (χ3v) is 6.14. The predicted octanol–water partition coefficient (Wildman–Crippen LogP) is 6.73. The highest BCUT2D eigenvalue weighted by Gasteiger charge is 2.18. The van der Waals surface area contributed by atoms with Crippen LogP contribution in [-0.2, 0) is 6.42 Å². The molecule has 1 fully saturated rings. The third-order valence-electron chi connectivity index (χ3n) is 6.14. The average molecular weight is 439 g/mol. The van der Waals surface area contributed by atoms with Crippen LogP contribution in [0.25, 0.3) is 0 Å². The fourth-order valence-electron chi connectivity index (χ4n) is 4.10. The molecule has 0 radical (unpaired) electrons. The molecule has 0 aliphatic heterocycles. The summed E-state index contributed by atoms with van der Waals surface area (Å²) >= 11 is 0. The molecule has 1 aromatic heterocycles. The largest absolute Gasteiger partial charge is 0.454 e. The molecule has 168 valence electrons. The van der Waals surface area contributed by atoms with Crippen LogP contribution < -0.4 is 4.74 Å². The molecule has 4 rings (SSSR count). The van der Waals surface area contributed by atoms with Crippen molar-refractivity contribution in [2.45, 2.75) is 44.9 Å². The van der Waals surface area contributed by atoms with E-state index in [-0.39, 0.29) is 18.1 Å². The van der Waals surface area contributed by atoms with Crippen molar-refractivity contribution in [2.75, 3.05) is 0 Å². The van der Waals surface area contributed by atoms with Crippen LogP contribution in [0.2, 0.25) is 0 Å². The van der Waals surface area contributed by atoms with Crippen LogP contribution >= 0.6 is 0 Å². The van der Waals surface area contributed by atoms with E-state index in [0.717, 1.165) is 11.5 Å². The molecule has 0 saturated heterocycles. The highest BCUT2D eigenvalue weighted by atomic mass is 16.5. The molecule has 3 aromatic rings. The maximum absolute atomic E-state index is 7.94. The number of hydrogen-bond acceptors (Lipinski definition) is 5. The summed E-state index contributed by atoms with van der Waals surface area (Å²) in [5, 5.41) is 15.4. The SMILES string of the molecule is C=CC(c1ccc(CC2CCC2)cc1)c1ccc(Oc2cnc(C(=N)CC(C)=N)nc2)cc1. The molecular formula is C28H30N4O. The van der Waals surface area contributed by atoms with Crippen LogP contribution in [-0.4, -0.2) is 21.4 Å². The van der Waals surface area contributed by atoms with E-state index in [1.807, 2.05) is 18.2 Å². The van der Waals surface area contributed by atoms with Crippen molar-refractivity contribution >= 4 is 11.4 Å². The fourth-order valence-corrected chi connectivity index (χ4v) is 4.10. The topological polar surface area (TPSA) is 82.7 Å². The molecule has 1 unspecified atom stereocenters. The minimum absolute atomic E-state index is 0.128.